The lowest BCUT2D eigenvalue weighted by Crippen LogP contribution is -2.03. The second kappa shape index (κ2) is 7.89. The van der Waals surface area contributed by atoms with Crippen LogP contribution in [0.2, 0.25) is 0 Å². The minimum Gasteiger partial charge on any atom is -0.428 e. The lowest BCUT2D eigenvalue weighted by atomic mass is 10.2. The second-order valence-corrected chi connectivity index (χ2v) is 8.43. The van der Waals surface area contributed by atoms with Crippen LogP contribution in [0.15, 0.2) is 80.1 Å². The maximum Gasteiger partial charge on any atom is 0.228 e. The first-order valence-electron chi connectivity index (χ1n) is 8.12. The van der Waals surface area contributed by atoms with E-state index in [-0.39, 0.29) is 9.92 Å². The standard InChI is InChI=1S/C19H19NO3S2/c1-2-3-14-24-19-18(25(21,22)16-12-8-5-9-13-16)20-17(23-19)15-10-6-4-7-11-15/h4-13H,2-3,14H2,1H3. The molecule has 0 aliphatic heterocycles. The summed E-state index contributed by atoms with van der Waals surface area (Å²) in [5.74, 6) is 1.12. The van der Waals surface area contributed by atoms with Crippen LogP contribution in [0.1, 0.15) is 19.8 Å². The van der Waals surface area contributed by atoms with Crippen molar-refractivity contribution in [2.24, 2.45) is 0 Å². The molecule has 0 saturated carbocycles. The minimum absolute atomic E-state index is 0.00124. The van der Waals surface area contributed by atoms with Gasteiger partial charge in [0.2, 0.25) is 25.8 Å². The first kappa shape index (κ1) is 17.8. The molecule has 0 unspecified atom stereocenters. The van der Waals surface area contributed by atoms with Gasteiger partial charge in [0, 0.05) is 11.3 Å². The zero-order valence-corrected chi connectivity index (χ0v) is 15.5. The van der Waals surface area contributed by atoms with Gasteiger partial charge in [0.25, 0.3) is 0 Å². The van der Waals surface area contributed by atoms with Crippen molar-refractivity contribution in [2.45, 2.75) is 34.8 Å². The molecular formula is C19H19NO3S2. The highest BCUT2D eigenvalue weighted by molar-refractivity contribution is 8.00. The Balaban J connectivity index is 2.06. The first-order valence-corrected chi connectivity index (χ1v) is 10.6. The Labute approximate surface area is 152 Å². The third kappa shape index (κ3) is 3.96. The zero-order valence-electron chi connectivity index (χ0n) is 13.9. The molecule has 3 aromatic rings. The van der Waals surface area contributed by atoms with Crippen LogP contribution in [-0.4, -0.2) is 19.2 Å². The summed E-state index contributed by atoms with van der Waals surface area (Å²) in [6.07, 6.45) is 2.02. The van der Waals surface area contributed by atoms with E-state index in [2.05, 4.69) is 11.9 Å². The van der Waals surface area contributed by atoms with E-state index in [9.17, 15) is 8.42 Å². The van der Waals surface area contributed by atoms with Gasteiger partial charge in [0.15, 0.2) is 0 Å². The Morgan fingerprint density at radius 2 is 1.64 bits per heavy atom. The molecule has 6 heteroatoms. The average molecular weight is 373 g/mol. The number of rotatable bonds is 7. The number of sulfone groups is 1. The first-order chi connectivity index (χ1) is 12.1. The molecule has 2 aromatic carbocycles. The minimum atomic E-state index is -3.72. The van der Waals surface area contributed by atoms with Gasteiger partial charge in [-0.05, 0) is 30.7 Å². The van der Waals surface area contributed by atoms with E-state index < -0.39 is 9.84 Å². The smallest absolute Gasteiger partial charge is 0.228 e. The fourth-order valence-electron chi connectivity index (χ4n) is 2.28. The van der Waals surface area contributed by atoms with Crippen LogP contribution in [0.3, 0.4) is 0 Å². The van der Waals surface area contributed by atoms with Gasteiger partial charge in [-0.15, -0.1) is 0 Å². The van der Waals surface area contributed by atoms with Gasteiger partial charge in [-0.1, -0.05) is 61.5 Å². The molecule has 1 heterocycles. The van der Waals surface area contributed by atoms with Gasteiger partial charge in [0.05, 0.1) is 4.90 Å². The van der Waals surface area contributed by atoms with Crippen LogP contribution in [0, 0.1) is 0 Å². The average Bonchev–Trinajstić information content (AvgIpc) is 3.08. The Kier molecular flexibility index (Phi) is 5.60. The molecule has 4 nitrogen and oxygen atoms in total. The second-order valence-electron chi connectivity index (χ2n) is 5.50. The summed E-state index contributed by atoms with van der Waals surface area (Å²) in [6, 6.07) is 17.7. The number of thioether (sulfide) groups is 1. The molecule has 0 saturated heterocycles. The van der Waals surface area contributed by atoms with Gasteiger partial charge in [0.1, 0.15) is 0 Å². The maximum absolute atomic E-state index is 13.0. The normalized spacial score (nSPS) is 11.6. The van der Waals surface area contributed by atoms with Crippen molar-refractivity contribution in [1.29, 1.82) is 0 Å². The summed E-state index contributed by atoms with van der Waals surface area (Å²) < 4.78 is 31.8. The summed E-state index contributed by atoms with van der Waals surface area (Å²) in [5, 5.41) is 0.356. The molecule has 0 N–H and O–H groups in total. The van der Waals surface area contributed by atoms with Gasteiger partial charge in [-0.2, -0.15) is 4.98 Å². The largest absolute Gasteiger partial charge is 0.428 e. The Bertz CT molecular complexity index is 920. The van der Waals surface area contributed by atoms with Crippen LogP contribution in [0.5, 0.6) is 0 Å². The van der Waals surface area contributed by atoms with Crippen molar-refractivity contribution in [3.63, 3.8) is 0 Å². The summed E-state index contributed by atoms with van der Waals surface area (Å²) in [7, 11) is -3.72. The van der Waals surface area contributed by atoms with Crippen molar-refractivity contribution >= 4 is 21.6 Å². The molecule has 0 atom stereocenters. The van der Waals surface area contributed by atoms with Crippen molar-refractivity contribution in [1.82, 2.24) is 4.98 Å². The summed E-state index contributed by atoms with van der Waals surface area (Å²) >= 11 is 1.40. The number of hydrogen-bond acceptors (Lipinski definition) is 5. The van der Waals surface area contributed by atoms with Crippen molar-refractivity contribution in [3.05, 3.63) is 60.7 Å². The van der Waals surface area contributed by atoms with Crippen molar-refractivity contribution in [2.75, 3.05) is 5.75 Å². The highest BCUT2D eigenvalue weighted by atomic mass is 32.2. The number of aromatic nitrogens is 1. The van der Waals surface area contributed by atoms with E-state index in [1.54, 1.807) is 30.3 Å². The zero-order chi connectivity index (χ0) is 17.7. The van der Waals surface area contributed by atoms with Gasteiger partial charge in [-0.25, -0.2) is 8.42 Å². The predicted octanol–water partition coefficient (Wildman–Crippen LogP) is 5.07. The summed E-state index contributed by atoms with van der Waals surface area (Å²) in [4.78, 5) is 4.55. The van der Waals surface area contributed by atoms with Crippen molar-refractivity contribution in [3.8, 4) is 11.5 Å². The highest BCUT2D eigenvalue weighted by Gasteiger charge is 2.28. The third-order valence-corrected chi connectivity index (χ3v) is 6.47. The Hall–Kier alpha value is -2.05. The van der Waals surface area contributed by atoms with Crippen LogP contribution in [-0.2, 0) is 9.84 Å². The molecule has 0 fully saturated rings. The number of unbranched alkanes of at least 4 members (excludes halogenated alkanes) is 1. The number of oxazole rings is 1. The van der Waals surface area contributed by atoms with E-state index >= 15 is 0 Å². The summed E-state index contributed by atoms with van der Waals surface area (Å²) in [6.45, 7) is 2.10. The molecule has 0 spiro atoms. The molecule has 0 aliphatic rings. The predicted molar refractivity (Wildman–Crippen MR) is 99.5 cm³/mol. The number of benzene rings is 2. The molecule has 0 bridgehead atoms. The fraction of sp³-hybridized carbons (Fsp3) is 0.211. The van der Waals surface area contributed by atoms with Crippen LogP contribution >= 0.6 is 11.8 Å². The van der Waals surface area contributed by atoms with Gasteiger partial charge in [-0.3, -0.25) is 0 Å². The molecule has 0 aliphatic carbocycles. The van der Waals surface area contributed by atoms with Crippen molar-refractivity contribution < 1.29 is 12.8 Å². The molecular weight excluding hydrogens is 354 g/mol. The highest BCUT2D eigenvalue weighted by Crippen LogP contribution is 2.35. The van der Waals surface area contributed by atoms with E-state index in [0.29, 0.717) is 11.0 Å². The maximum atomic E-state index is 13.0. The fourth-order valence-corrected chi connectivity index (χ4v) is 4.91. The van der Waals surface area contributed by atoms with Crippen LogP contribution in [0.25, 0.3) is 11.5 Å². The van der Waals surface area contributed by atoms with E-state index in [0.717, 1.165) is 24.2 Å². The van der Waals surface area contributed by atoms with Crippen LogP contribution < -0.4 is 0 Å². The Morgan fingerprint density at radius 1 is 1.00 bits per heavy atom. The van der Waals surface area contributed by atoms with E-state index in [1.165, 1.54) is 11.8 Å². The molecule has 3 rings (SSSR count). The van der Waals surface area contributed by atoms with E-state index in [4.69, 9.17) is 4.42 Å². The van der Waals surface area contributed by atoms with Gasteiger partial charge >= 0.3 is 0 Å². The lowest BCUT2D eigenvalue weighted by molar-refractivity contribution is 0.470. The van der Waals surface area contributed by atoms with Gasteiger partial charge < -0.3 is 4.42 Å². The van der Waals surface area contributed by atoms with E-state index in [1.807, 2.05) is 30.3 Å². The molecule has 0 amide bonds. The molecule has 25 heavy (non-hydrogen) atoms. The van der Waals surface area contributed by atoms with Crippen LogP contribution in [0.4, 0.5) is 0 Å². The SMILES string of the molecule is CCCCSc1oc(-c2ccccc2)nc1S(=O)(=O)c1ccccc1. The molecule has 0 radical (unpaired) electrons. The molecule has 1 aromatic heterocycles. The quantitative estimate of drug-likeness (QED) is 0.427. The Morgan fingerprint density at radius 3 is 2.28 bits per heavy atom. The summed E-state index contributed by atoms with van der Waals surface area (Å²) in [5.41, 5.74) is 0.759. The topological polar surface area (TPSA) is 60.2 Å². The number of hydrogen-bond donors (Lipinski definition) is 0. The monoisotopic (exact) mass is 373 g/mol. The number of nitrogens with zero attached hydrogens (tertiary/aromatic N) is 1. The molecule has 130 valence electrons. The lowest BCUT2D eigenvalue weighted by Gasteiger charge is -2.02. The third-order valence-electron chi connectivity index (χ3n) is 3.63.